The molecule has 1 N–H and O–H groups in total. The van der Waals surface area contributed by atoms with E-state index < -0.39 is 0 Å². The Labute approximate surface area is 89.4 Å². The van der Waals surface area contributed by atoms with Gasteiger partial charge in [0.15, 0.2) is 0 Å². The van der Waals surface area contributed by atoms with E-state index in [0.29, 0.717) is 0 Å². The van der Waals surface area contributed by atoms with E-state index >= 15 is 0 Å². The lowest BCUT2D eigenvalue weighted by molar-refractivity contribution is -0.00926. The van der Waals surface area contributed by atoms with Crippen molar-refractivity contribution in [3.05, 3.63) is 0 Å². The lowest BCUT2D eigenvalue weighted by Crippen LogP contribution is -2.39. The quantitative estimate of drug-likeness (QED) is 0.652. The first kappa shape index (κ1) is 13.9. The van der Waals surface area contributed by atoms with Crippen LogP contribution in [0.2, 0.25) is 0 Å². The molecule has 0 aliphatic rings. The molecule has 0 aromatic heterocycles. The third-order valence-corrected chi connectivity index (χ3v) is 2.67. The summed E-state index contributed by atoms with van der Waals surface area (Å²) in [6.45, 7) is 13.7. The predicted octanol–water partition coefficient (Wildman–Crippen LogP) is 2.83. The van der Waals surface area contributed by atoms with E-state index in [1.165, 1.54) is 12.8 Å². The van der Waals surface area contributed by atoms with Crippen LogP contribution in [-0.4, -0.2) is 25.3 Å². The SMILES string of the molecule is CCOC(C)(C)CNCC(CC)CC. The Morgan fingerprint density at radius 3 is 2.14 bits per heavy atom. The molecule has 0 aliphatic heterocycles. The summed E-state index contributed by atoms with van der Waals surface area (Å²) in [4.78, 5) is 0. The van der Waals surface area contributed by atoms with Crippen molar-refractivity contribution in [2.75, 3.05) is 19.7 Å². The van der Waals surface area contributed by atoms with E-state index in [0.717, 1.165) is 25.6 Å². The van der Waals surface area contributed by atoms with Crippen LogP contribution in [0.1, 0.15) is 47.5 Å². The molecule has 0 aliphatic carbocycles. The summed E-state index contributed by atoms with van der Waals surface area (Å²) in [5.74, 6) is 0.812. The summed E-state index contributed by atoms with van der Waals surface area (Å²) in [7, 11) is 0. The van der Waals surface area contributed by atoms with Crippen molar-refractivity contribution in [3.8, 4) is 0 Å². The van der Waals surface area contributed by atoms with Crippen molar-refractivity contribution in [1.29, 1.82) is 0 Å². The van der Waals surface area contributed by atoms with E-state index in [1.54, 1.807) is 0 Å². The van der Waals surface area contributed by atoms with Crippen LogP contribution < -0.4 is 5.32 Å². The zero-order chi connectivity index (χ0) is 11.0. The second kappa shape index (κ2) is 7.24. The monoisotopic (exact) mass is 201 g/mol. The largest absolute Gasteiger partial charge is 0.375 e. The van der Waals surface area contributed by atoms with Crippen molar-refractivity contribution in [1.82, 2.24) is 5.32 Å². The first-order chi connectivity index (χ1) is 6.55. The third kappa shape index (κ3) is 6.39. The predicted molar refractivity (Wildman–Crippen MR) is 62.6 cm³/mol. The van der Waals surface area contributed by atoms with Gasteiger partial charge in [0, 0.05) is 13.2 Å². The van der Waals surface area contributed by atoms with Gasteiger partial charge in [-0.2, -0.15) is 0 Å². The first-order valence-electron chi connectivity index (χ1n) is 5.90. The van der Waals surface area contributed by atoms with E-state index in [1.807, 2.05) is 6.92 Å². The minimum atomic E-state index is -0.0270. The van der Waals surface area contributed by atoms with Crippen LogP contribution in [-0.2, 0) is 4.74 Å². The molecule has 0 rings (SSSR count). The second-order valence-electron chi connectivity index (χ2n) is 4.51. The zero-order valence-electron chi connectivity index (χ0n) is 10.5. The third-order valence-electron chi connectivity index (χ3n) is 2.67. The molecule has 0 bridgehead atoms. The summed E-state index contributed by atoms with van der Waals surface area (Å²) in [5.41, 5.74) is -0.0270. The van der Waals surface area contributed by atoms with Crippen LogP contribution in [0, 0.1) is 5.92 Å². The van der Waals surface area contributed by atoms with Gasteiger partial charge in [0.1, 0.15) is 0 Å². The van der Waals surface area contributed by atoms with Gasteiger partial charge in [-0.05, 0) is 33.2 Å². The minimum Gasteiger partial charge on any atom is -0.375 e. The molecule has 0 fully saturated rings. The van der Waals surface area contributed by atoms with E-state index in [2.05, 4.69) is 33.0 Å². The Balaban J connectivity index is 3.60. The van der Waals surface area contributed by atoms with Gasteiger partial charge in [-0.1, -0.05) is 26.7 Å². The van der Waals surface area contributed by atoms with Crippen LogP contribution in [0.5, 0.6) is 0 Å². The van der Waals surface area contributed by atoms with Gasteiger partial charge >= 0.3 is 0 Å². The molecule has 0 unspecified atom stereocenters. The summed E-state index contributed by atoms with van der Waals surface area (Å²) >= 11 is 0. The van der Waals surface area contributed by atoms with Crippen LogP contribution in [0.25, 0.3) is 0 Å². The molecule has 0 heterocycles. The van der Waals surface area contributed by atoms with Gasteiger partial charge in [0.25, 0.3) is 0 Å². The van der Waals surface area contributed by atoms with Crippen molar-refractivity contribution in [3.63, 3.8) is 0 Å². The number of nitrogens with one attached hydrogen (secondary N) is 1. The molecule has 0 amide bonds. The van der Waals surface area contributed by atoms with Crippen molar-refractivity contribution in [2.45, 2.75) is 53.1 Å². The van der Waals surface area contributed by atoms with Crippen molar-refractivity contribution >= 4 is 0 Å². The fraction of sp³-hybridized carbons (Fsp3) is 1.00. The highest BCUT2D eigenvalue weighted by atomic mass is 16.5. The van der Waals surface area contributed by atoms with Crippen LogP contribution in [0.4, 0.5) is 0 Å². The molecule has 0 atom stereocenters. The molecular weight excluding hydrogens is 174 g/mol. The molecule has 2 heteroatoms. The van der Waals surface area contributed by atoms with Crippen molar-refractivity contribution in [2.24, 2.45) is 5.92 Å². The summed E-state index contributed by atoms with van der Waals surface area (Å²) in [6, 6.07) is 0. The molecule has 0 aromatic rings. The summed E-state index contributed by atoms with van der Waals surface area (Å²) < 4.78 is 5.62. The smallest absolute Gasteiger partial charge is 0.0750 e. The molecule has 0 saturated carbocycles. The first-order valence-corrected chi connectivity index (χ1v) is 5.90. The average molecular weight is 201 g/mol. The van der Waals surface area contributed by atoms with E-state index in [9.17, 15) is 0 Å². The van der Waals surface area contributed by atoms with Gasteiger partial charge in [0.2, 0.25) is 0 Å². The fourth-order valence-corrected chi connectivity index (χ4v) is 1.60. The number of rotatable bonds is 8. The second-order valence-corrected chi connectivity index (χ2v) is 4.51. The maximum absolute atomic E-state index is 5.62. The van der Waals surface area contributed by atoms with Gasteiger partial charge in [-0.15, -0.1) is 0 Å². The number of ether oxygens (including phenoxy) is 1. The van der Waals surface area contributed by atoms with Crippen molar-refractivity contribution < 1.29 is 4.74 Å². The maximum atomic E-state index is 5.62. The molecule has 0 aromatic carbocycles. The molecule has 14 heavy (non-hydrogen) atoms. The molecule has 2 nitrogen and oxygen atoms in total. The maximum Gasteiger partial charge on any atom is 0.0750 e. The highest BCUT2D eigenvalue weighted by Crippen LogP contribution is 2.09. The van der Waals surface area contributed by atoms with Crippen LogP contribution >= 0.6 is 0 Å². The minimum absolute atomic E-state index is 0.0270. The number of hydrogen-bond acceptors (Lipinski definition) is 2. The Hall–Kier alpha value is -0.0800. The molecule has 0 saturated heterocycles. The molecule has 86 valence electrons. The highest BCUT2D eigenvalue weighted by molar-refractivity contribution is 4.72. The Morgan fingerprint density at radius 1 is 1.14 bits per heavy atom. The van der Waals surface area contributed by atoms with E-state index in [-0.39, 0.29) is 5.60 Å². The zero-order valence-corrected chi connectivity index (χ0v) is 10.5. The molecule has 0 spiro atoms. The van der Waals surface area contributed by atoms with E-state index in [4.69, 9.17) is 4.74 Å². The molecular formula is C12H27NO. The van der Waals surface area contributed by atoms with Gasteiger partial charge in [-0.3, -0.25) is 0 Å². The number of hydrogen-bond donors (Lipinski definition) is 1. The lowest BCUT2D eigenvalue weighted by atomic mass is 10.0. The van der Waals surface area contributed by atoms with Gasteiger partial charge < -0.3 is 10.1 Å². The van der Waals surface area contributed by atoms with Gasteiger partial charge in [-0.25, -0.2) is 0 Å². The molecule has 0 radical (unpaired) electrons. The Morgan fingerprint density at radius 2 is 1.71 bits per heavy atom. The Kier molecular flexibility index (Phi) is 7.20. The summed E-state index contributed by atoms with van der Waals surface area (Å²) in [5, 5.41) is 3.49. The fourth-order valence-electron chi connectivity index (χ4n) is 1.60. The lowest BCUT2D eigenvalue weighted by Gasteiger charge is -2.26. The normalized spacial score (nSPS) is 12.4. The average Bonchev–Trinajstić information content (AvgIpc) is 2.12. The van der Waals surface area contributed by atoms with Crippen LogP contribution in [0.15, 0.2) is 0 Å². The Bertz CT molecular complexity index is 130. The highest BCUT2D eigenvalue weighted by Gasteiger charge is 2.17. The topological polar surface area (TPSA) is 21.3 Å². The summed E-state index contributed by atoms with van der Waals surface area (Å²) in [6.07, 6.45) is 2.52. The van der Waals surface area contributed by atoms with Crippen LogP contribution in [0.3, 0.4) is 0 Å². The van der Waals surface area contributed by atoms with Gasteiger partial charge in [0.05, 0.1) is 5.60 Å². The standard InChI is InChI=1S/C12H27NO/c1-6-11(7-2)9-13-10-12(4,5)14-8-3/h11,13H,6-10H2,1-5H3.